The molecule has 0 spiro atoms. The molecule has 144 valence electrons. The van der Waals surface area contributed by atoms with Gasteiger partial charge in [-0.15, -0.1) is 0 Å². The minimum absolute atomic E-state index is 0.0330. The fourth-order valence-corrected chi connectivity index (χ4v) is 4.41. The summed E-state index contributed by atoms with van der Waals surface area (Å²) in [6, 6.07) is 8.86. The Morgan fingerprint density at radius 1 is 1.11 bits per heavy atom. The summed E-state index contributed by atoms with van der Waals surface area (Å²) in [7, 11) is 0. The number of fused-ring (bicyclic) bond motifs is 1. The van der Waals surface area contributed by atoms with Crippen molar-refractivity contribution in [2.45, 2.75) is 37.6 Å². The van der Waals surface area contributed by atoms with Crippen molar-refractivity contribution in [3.63, 3.8) is 0 Å². The van der Waals surface area contributed by atoms with Gasteiger partial charge < -0.3 is 14.5 Å². The Morgan fingerprint density at radius 2 is 1.85 bits per heavy atom. The number of para-hydroxylation sites is 1. The second-order valence-corrected chi connectivity index (χ2v) is 7.55. The molecule has 1 aliphatic heterocycles. The van der Waals surface area contributed by atoms with Crippen molar-refractivity contribution < 1.29 is 13.9 Å². The van der Waals surface area contributed by atoms with Gasteiger partial charge in [0.1, 0.15) is 11.1 Å². The number of benzene rings is 1. The summed E-state index contributed by atoms with van der Waals surface area (Å²) in [5.41, 5.74) is -0.0534. The SMILES string of the molecule is O=C(NCC1(N2CCOCC2)CCCCC1)c1cc2ccccc2oc1=O. The number of hydrogen-bond acceptors (Lipinski definition) is 5. The average Bonchev–Trinajstić information content (AvgIpc) is 2.73. The Balaban J connectivity index is 1.53. The second-order valence-electron chi connectivity index (χ2n) is 7.55. The molecule has 2 aliphatic rings. The van der Waals surface area contributed by atoms with Crippen LogP contribution in [0.4, 0.5) is 0 Å². The normalized spacial score (nSPS) is 20.4. The van der Waals surface area contributed by atoms with E-state index in [2.05, 4.69) is 10.2 Å². The number of rotatable bonds is 4. The molecule has 4 rings (SSSR count). The average molecular weight is 370 g/mol. The summed E-state index contributed by atoms with van der Waals surface area (Å²) in [4.78, 5) is 27.5. The van der Waals surface area contributed by atoms with Crippen LogP contribution in [-0.4, -0.2) is 49.2 Å². The molecule has 6 nitrogen and oxygen atoms in total. The molecule has 1 amide bonds. The lowest BCUT2D eigenvalue weighted by molar-refractivity contribution is -0.0361. The molecule has 1 N–H and O–H groups in total. The highest BCUT2D eigenvalue weighted by Gasteiger charge is 2.39. The van der Waals surface area contributed by atoms with E-state index in [9.17, 15) is 9.59 Å². The first kappa shape index (κ1) is 18.2. The first-order valence-electron chi connectivity index (χ1n) is 9.82. The largest absolute Gasteiger partial charge is 0.422 e. The van der Waals surface area contributed by atoms with Crippen LogP contribution in [0.2, 0.25) is 0 Å². The molecule has 2 fully saturated rings. The molecule has 27 heavy (non-hydrogen) atoms. The number of nitrogens with one attached hydrogen (secondary N) is 1. The van der Waals surface area contributed by atoms with E-state index in [4.69, 9.17) is 9.15 Å². The number of amides is 1. The minimum Gasteiger partial charge on any atom is -0.422 e. The molecule has 2 heterocycles. The lowest BCUT2D eigenvalue weighted by Crippen LogP contribution is -2.59. The van der Waals surface area contributed by atoms with Gasteiger partial charge in [0.2, 0.25) is 0 Å². The van der Waals surface area contributed by atoms with Crippen LogP contribution in [0.5, 0.6) is 0 Å². The maximum Gasteiger partial charge on any atom is 0.349 e. The Bertz CT molecular complexity index is 864. The van der Waals surface area contributed by atoms with E-state index in [-0.39, 0.29) is 17.0 Å². The molecule has 0 atom stereocenters. The van der Waals surface area contributed by atoms with E-state index >= 15 is 0 Å². The summed E-state index contributed by atoms with van der Waals surface area (Å²) >= 11 is 0. The van der Waals surface area contributed by atoms with Crippen LogP contribution < -0.4 is 10.9 Å². The van der Waals surface area contributed by atoms with E-state index < -0.39 is 5.63 Å². The zero-order valence-electron chi connectivity index (χ0n) is 15.5. The van der Waals surface area contributed by atoms with Crippen LogP contribution in [0.3, 0.4) is 0 Å². The summed E-state index contributed by atoms with van der Waals surface area (Å²) in [5.74, 6) is -0.354. The van der Waals surface area contributed by atoms with E-state index in [0.29, 0.717) is 12.1 Å². The van der Waals surface area contributed by atoms with Crippen LogP contribution in [0.1, 0.15) is 42.5 Å². The summed E-state index contributed by atoms with van der Waals surface area (Å²) < 4.78 is 10.8. The number of ether oxygens (including phenoxy) is 1. The Kier molecular flexibility index (Phi) is 5.27. The van der Waals surface area contributed by atoms with Crippen LogP contribution in [0.15, 0.2) is 39.5 Å². The van der Waals surface area contributed by atoms with Gasteiger partial charge in [0.15, 0.2) is 0 Å². The lowest BCUT2D eigenvalue weighted by Gasteiger charge is -2.48. The van der Waals surface area contributed by atoms with E-state index in [0.717, 1.165) is 44.5 Å². The fraction of sp³-hybridized carbons (Fsp3) is 0.524. The van der Waals surface area contributed by atoms with Gasteiger partial charge in [-0.3, -0.25) is 9.69 Å². The van der Waals surface area contributed by atoms with Gasteiger partial charge in [-0.1, -0.05) is 37.5 Å². The minimum atomic E-state index is -0.588. The van der Waals surface area contributed by atoms with Crippen LogP contribution >= 0.6 is 0 Å². The maximum absolute atomic E-state index is 12.8. The molecule has 1 aliphatic carbocycles. The molecular weight excluding hydrogens is 344 g/mol. The zero-order valence-corrected chi connectivity index (χ0v) is 15.5. The monoisotopic (exact) mass is 370 g/mol. The Morgan fingerprint density at radius 3 is 2.63 bits per heavy atom. The Labute approximate surface area is 158 Å². The molecule has 1 saturated heterocycles. The summed E-state index contributed by atoms with van der Waals surface area (Å²) in [6.45, 7) is 3.83. The molecule has 2 aromatic rings. The smallest absolute Gasteiger partial charge is 0.349 e. The number of hydrogen-bond donors (Lipinski definition) is 1. The number of carbonyl (C=O) groups excluding carboxylic acids is 1. The third kappa shape index (κ3) is 3.77. The van der Waals surface area contributed by atoms with E-state index in [1.54, 1.807) is 18.2 Å². The van der Waals surface area contributed by atoms with Crippen LogP contribution in [0.25, 0.3) is 11.0 Å². The maximum atomic E-state index is 12.8. The van der Waals surface area contributed by atoms with E-state index in [1.807, 2.05) is 12.1 Å². The second kappa shape index (κ2) is 7.82. The van der Waals surface area contributed by atoms with Crippen molar-refractivity contribution in [1.82, 2.24) is 10.2 Å². The number of nitrogens with zero attached hydrogens (tertiary/aromatic N) is 1. The molecular formula is C21H26N2O4. The van der Waals surface area contributed by atoms with Gasteiger partial charge in [-0.05, 0) is 25.0 Å². The highest BCUT2D eigenvalue weighted by molar-refractivity contribution is 5.96. The van der Waals surface area contributed by atoms with Gasteiger partial charge in [0.05, 0.1) is 13.2 Å². The highest BCUT2D eigenvalue weighted by Crippen LogP contribution is 2.34. The zero-order chi connectivity index (χ0) is 18.7. The first-order valence-corrected chi connectivity index (χ1v) is 9.82. The lowest BCUT2D eigenvalue weighted by atomic mass is 9.79. The highest BCUT2D eigenvalue weighted by atomic mass is 16.5. The van der Waals surface area contributed by atoms with Crippen LogP contribution in [-0.2, 0) is 4.74 Å². The topological polar surface area (TPSA) is 71.8 Å². The molecule has 1 aromatic carbocycles. The predicted molar refractivity (Wildman–Crippen MR) is 103 cm³/mol. The first-order chi connectivity index (χ1) is 13.2. The number of carbonyl (C=O) groups is 1. The van der Waals surface area contributed by atoms with Crippen molar-refractivity contribution in [3.8, 4) is 0 Å². The Hall–Kier alpha value is -2.18. The van der Waals surface area contributed by atoms with Gasteiger partial charge in [-0.2, -0.15) is 0 Å². The van der Waals surface area contributed by atoms with Gasteiger partial charge in [0, 0.05) is 30.6 Å². The van der Waals surface area contributed by atoms with Crippen molar-refractivity contribution in [1.29, 1.82) is 0 Å². The molecule has 0 bridgehead atoms. The third-order valence-corrected chi connectivity index (χ3v) is 5.93. The van der Waals surface area contributed by atoms with Crippen molar-refractivity contribution >= 4 is 16.9 Å². The molecule has 1 aromatic heterocycles. The molecule has 6 heteroatoms. The fourth-order valence-electron chi connectivity index (χ4n) is 4.41. The van der Waals surface area contributed by atoms with Gasteiger partial charge in [0.25, 0.3) is 5.91 Å². The van der Waals surface area contributed by atoms with Crippen molar-refractivity contribution in [3.05, 3.63) is 46.3 Å². The van der Waals surface area contributed by atoms with Crippen molar-refractivity contribution in [2.75, 3.05) is 32.8 Å². The predicted octanol–water partition coefficient (Wildman–Crippen LogP) is 2.56. The summed E-state index contributed by atoms with van der Waals surface area (Å²) in [5, 5.41) is 3.78. The molecule has 0 unspecified atom stereocenters. The third-order valence-electron chi connectivity index (χ3n) is 5.93. The number of morpholine rings is 1. The quantitative estimate of drug-likeness (QED) is 0.838. The molecule has 1 saturated carbocycles. The van der Waals surface area contributed by atoms with Gasteiger partial charge >= 0.3 is 5.63 Å². The summed E-state index contributed by atoms with van der Waals surface area (Å²) in [6.07, 6.45) is 5.73. The van der Waals surface area contributed by atoms with Crippen molar-refractivity contribution in [2.24, 2.45) is 0 Å². The van der Waals surface area contributed by atoms with E-state index in [1.165, 1.54) is 19.3 Å². The van der Waals surface area contributed by atoms with Gasteiger partial charge in [-0.25, -0.2) is 4.79 Å². The standard InChI is InChI=1S/C21H26N2O4/c24-19(17-14-16-6-2-3-7-18(16)27-20(17)25)22-15-21(8-4-1-5-9-21)23-10-12-26-13-11-23/h2-3,6-7,14H,1,4-5,8-13,15H2,(H,22,24). The molecule has 0 radical (unpaired) electrons. The van der Waals surface area contributed by atoms with Crippen LogP contribution in [0, 0.1) is 0 Å².